The quantitative estimate of drug-likeness (QED) is 0.759. The summed E-state index contributed by atoms with van der Waals surface area (Å²) in [6.45, 7) is 0.220. The molecule has 0 aliphatic rings. The van der Waals surface area contributed by atoms with Crippen LogP contribution in [0.15, 0.2) is 18.2 Å². The Labute approximate surface area is 102 Å². The smallest absolute Gasteiger partial charge is 0.160 e. The summed E-state index contributed by atoms with van der Waals surface area (Å²) in [6, 6.07) is 5.68. The molecule has 0 saturated carbocycles. The predicted octanol–water partition coefficient (Wildman–Crippen LogP) is 1.55. The molecular formula is C13H20O4. The highest BCUT2D eigenvalue weighted by Gasteiger charge is 2.13. The third-order valence-electron chi connectivity index (χ3n) is 2.83. The van der Waals surface area contributed by atoms with E-state index in [9.17, 15) is 0 Å². The predicted molar refractivity (Wildman–Crippen MR) is 65.7 cm³/mol. The van der Waals surface area contributed by atoms with E-state index in [1.807, 2.05) is 18.2 Å². The summed E-state index contributed by atoms with van der Waals surface area (Å²) in [5.41, 5.74) is 1.05. The number of aliphatic hydroxyl groups is 2. The van der Waals surface area contributed by atoms with Crippen LogP contribution in [0, 0.1) is 0 Å². The minimum Gasteiger partial charge on any atom is -0.493 e. The monoisotopic (exact) mass is 240 g/mol. The molecule has 0 bridgehead atoms. The fourth-order valence-corrected chi connectivity index (χ4v) is 1.90. The number of methoxy groups -OCH3 is 2. The molecule has 0 spiro atoms. The SMILES string of the molecule is COc1ccc(C(CCO)CCO)cc1OC. The molecule has 1 rings (SSSR count). The Morgan fingerprint density at radius 3 is 2.06 bits per heavy atom. The molecule has 17 heavy (non-hydrogen) atoms. The lowest BCUT2D eigenvalue weighted by molar-refractivity contribution is 0.241. The fraction of sp³-hybridized carbons (Fsp3) is 0.538. The van der Waals surface area contributed by atoms with Crippen LogP contribution in [0.25, 0.3) is 0 Å². The van der Waals surface area contributed by atoms with Gasteiger partial charge in [0.2, 0.25) is 0 Å². The van der Waals surface area contributed by atoms with Crippen LogP contribution in [0.5, 0.6) is 11.5 Å². The maximum Gasteiger partial charge on any atom is 0.160 e. The van der Waals surface area contributed by atoms with Gasteiger partial charge in [0.15, 0.2) is 11.5 Å². The van der Waals surface area contributed by atoms with Crippen molar-refractivity contribution in [3.8, 4) is 11.5 Å². The van der Waals surface area contributed by atoms with Gasteiger partial charge < -0.3 is 19.7 Å². The molecule has 0 aromatic heterocycles. The van der Waals surface area contributed by atoms with Gasteiger partial charge in [-0.1, -0.05) is 6.07 Å². The third kappa shape index (κ3) is 3.61. The van der Waals surface area contributed by atoms with E-state index in [1.165, 1.54) is 0 Å². The summed E-state index contributed by atoms with van der Waals surface area (Å²) >= 11 is 0. The zero-order chi connectivity index (χ0) is 12.7. The van der Waals surface area contributed by atoms with E-state index in [4.69, 9.17) is 19.7 Å². The van der Waals surface area contributed by atoms with Gasteiger partial charge >= 0.3 is 0 Å². The summed E-state index contributed by atoms with van der Waals surface area (Å²) in [6.07, 6.45) is 1.27. The van der Waals surface area contributed by atoms with Gasteiger partial charge in [0.1, 0.15) is 0 Å². The van der Waals surface area contributed by atoms with Crippen LogP contribution in [0.2, 0.25) is 0 Å². The maximum atomic E-state index is 9.01. The van der Waals surface area contributed by atoms with E-state index >= 15 is 0 Å². The van der Waals surface area contributed by atoms with Gasteiger partial charge in [-0.05, 0) is 36.5 Å². The number of ether oxygens (including phenoxy) is 2. The molecule has 1 aromatic carbocycles. The van der Waals surface area contributed by atoms with Gasteiger partial charge in [-0.15, -0.1) is 0 Å². The molecule has 0 aliphatic heterocycles. The number of hydrogen-bond donors (Lipinski definition) is 2. The van der Waals surface area contributed by atoms with E-state index in [1.54, 1.807) is 14.2 Å². The molecule has 0 saturated heterocycles. The Hall–Kier alpha value is -1.26. The summed E-state index contributed by atoms with van der Waals surface area (Å²) in [5, 5.41) is 18.0. The van der Waals surface area contributed by atoms with E-state index in [0.29, 0.717) is 24.3 Å². The number of hydrogen-bond acceptors (Lipinski definition) is 4. The molecule has 0 aliphatic carbocycles. The van der Waals surface area contributed by atoms with Crippen LogP contribution in [0.1, 0.15) is 24.3 Å². The lowest BCUT2D eigenvalue weighted by Gasteiger charge is -2.17. The van der Waals surface area contributed by atoms with Crippen LogP contribution in [0.4, 0.5) is 0 Å². The first-order chi connectivity index (χ1) is 8.26. The largest absolute Gasteiger partial charge is 0.493 e. The second kappa shape index (κ2) is 7.14. The second-order valence-corrected chi connectivity index (χ2v) is 3.84. The highest BCUT2D eigenvalue weighted by Crippen LogP contribution is 2.32. The van der Waals surface area contributed by atoms with Crippen LogP contribution in [-0.2, 0) is 0 Å². The highest BCUT2D eigenvalue weighted by molar-refractivity contribution is 5.43. The Bertz CT molecular complexity index is 332. The van der Waals surface area contributed by atoms with E-state index in [0.717, 1.165) is 5.56 Å². The molecule has 0 amide bonds. The van der Waals surface area contributed by atoms with Gasteiger partial charge in [-0.25, -0.2) is 0 Å². The normalized spacial score (nSPS) is 10.6. The minimum absolute atomic E-state index is 0.110. The zero-order valence-electron chi connectivity index (χ0n) is 10.3. The number of benzene rings is 1. The minimum atomic E-state index is 0.110. The van der Waals surface area contributed by atoms with Crippen molar-refractivity contribution in [3.63, 3.8) is 0 Å². The summed E-state index contributed by atoms with van der Waals surface area (Å²) in [5.74, 6) is 1.50. The molecule has 0 fully saturated rings. The van der Waals surface area contributed by atoms with E-state index < -0.39 is 0 Å². The molecule has 0 radical (unpaired) electrons. The molecule has 2 N–H and O–H groups in total. The molecule has 0 heterocycles. The van der Waals surface area contributed by atoms with Crippen molar-refractivity contribution < 1.29 is 19.7 Å². The first-order valence-corrected chi connectivity index (χ1v) is 5.70. The van der Waals surface area contributed by atoms with Gasteiger partial charge in [0.05, 0.1) is 14.2 Å². The Morgan fingerprint density at radius 2 is 1.59 bits per heavy atom. The van der Waals surface area contributed by atoms with E-state index in [2.05, 4.69) is 0 Å². The first-order valence-electron chi connectivity index (χ1n) is 5.70. The second-order valence-electron chi connectivity index (χ2n) is 3.84. The molecule has 4 heteroatoms. The van der Waals surface area contributed by atoms with Crippen LogP contribution in [0.3, 0.4) is 0 Å². The summed E-state index contributed by atoms with van der Waals surface area (Å²) in [7, 11) is 3.19. The van der Waals surface area contributed by atoms with Crippen molar-refractivity contribution >= 4 is 0 Å². The highest BCUT2D eigenvalue weighted by atomic mass is 16.5. The van der Waals surface area contributed by atoms with Crippen molar-refractivity contribution in [1.82, 2.24) is 0 Å². The van der Waals surface area contributed by atoms with Gasteiger partial charge in [0, 0.05) is 13.2 Å². The Morgan fingerprint density at radius 1 is 1.00 bits per heavy atom. The average molecular weight is 240 g/mol. The van der Waals surface area contributed by atoms with Gasteiger partial charge in [-0.3, -0.25) is 0 Å². The van der Waals surface area contributed by atoms with Crippen molar-refractivity contribution in [2.24, 2.45) is 0 Å². The third-order valence-corrected chi connectivity index (χ3v) is 2.83. The summed E-state index contributed by atoms with van der Waals surface area (Å²) < 4.78 is 10.4. The average Bonchev–Trinajstić information content (AvgIpc) is 2.37. The molecule has 1 aromatic rings. The molecular weight excluding hydrogens is 220 g/mol. The maximum absolute atomic E-state index is 9.01. The number of aliphatic hydroxyl groups excluding tert-OH is 2. The van der Waals surface area contributed by atoms with Gasteiger partial charge in [0.25, 0.3) is 0 Å². The van der Waals surface area contributed by atoms with Gasteiger partial charge in [-0.2, -0.15) is 0 Å². The van der Waals surface area contributed by atoms with Crippen LogP contribution < -0.4 is 9.47 Å². The zero-order valence-corrected chi connectivity index (χ0v) is 10.3. The standard InChI is InChI=1S/C13H20O4/c1-16-12-4-3-11(9-13(12)17-2)10(5-7-14)6-8-15/h3-4,9-10,14-15H,5-8H2,1-2H3. The molecule has 96 valence electrons. The first kappa shape index (κ1) is 13.8. The van der Waals surface area contributed by atoms with Crippen molar-refractivity contribution in [2.45, 2.75) is 18.8 Å². The van der Waals surface area contributed by atoms with Crippen LogP contribution >= 0.6 is 0 Å². The fourth-order valence-electron chi connectivity index (χ4n) is 1.90. The molecule has 0 unspecified atom stereocenters. The van der Waals surface area contributed by atoms with E-state index in [-0.39, 0.29) is 19.1 Å². The lowest BCUT2D eigenvalue weighted by Crippen LogP contribution is -2.05. The Kier molecular flexibility index (Phi) is 5.80. The lowest BCUT2D eigenvalue weighted by atomic mass is 9.93. The van der Waals surface area contributed by atoms with Crippen LogP contribution in [-0.4, -0.2) is 37.6 Å². The van der Waals surface area contributed by atoms with Crippen molar-refractivity contribution in [1.29, 1.82) is 0 Å². The van der Waals surface area contributed by atoms with Crippen molar-refractivity contribution in [3.05, 3.63) is 23.8 Å². The Balaban J connectivity index is 2.94. The molecule has 0 atom stereocenters. The molecule has 4 nitrogen and oxygen atoms in total. The van der Waals surface area contributed by atoms with Crippen molar-refractivity contribution in [2.75, 3.05) is 27.4 Å². The topological polar surface area (TPSA) is 58.9 Å². The number of rotatable bonds is 7. The summed E-state index contributed by atoms with van der Waals surface area (Å²) in [4.78, 5) is 0.